The molecule has 1 aromatic heterocycles. The molecule has 1 N–H and O–H groups in total. The zero-order chi connectivity index (χ0) is 13.1. The van der Waals surface area contributed by atoms with Crippen LogP contribution in [0, 0.1) is 0 Å². The molecule has 0 aliphatic heterocycles. The number of hydrogen-bond donors (Lipinski definition) is 1. The Hall–Kier alpha value is -0.880. The van der Waals surface area contributed by atoms with E-state index < -0.39 is 5.97 Å². The summed E-state index contributed by atoms with van der Waals surface area (Å²) >= 11 is 4.66. The molecule has 1 amide bonds. The maximum atomic E-state index is 12.3. The average molecular weight is 332 g/mol. The molecule has 1 aliphatic carbocycles. The minimum atomic E-state index is -0.953. The monoisotopic (exact) mass is 331 g/mol. The van der Waals surface area contributed by atoms with E-state index in [-0.39, 0.29) is 18.5 Å². The second kappa shape index (κ2) is 5.84. The average Bonchev–Trinajstić information content (AvgIpc) is 2.95. The first-order valence-corrected chi connectivity index (χ1v) is 7.47. The van der Waals surface area contributed by atoms with E-state index in [0.717, 1.165) is 29.5 Å². The predicted octanol–water partition coefficient (Wildman–Crippen LogP) is 2.98. The van der Waals surface area contributed by atoms with E-state index in [0.29, 0.717) is 4.88 Å². The Kier molecular flexibility index (Phi) is 4.40. The van der Waals surface area contributed by atoms with Crippen LogP contribution in [0.2, 0.25) is 0 Å². The number of carbonyl (C=O) groups is 2. The van der Waals surface area contributed by atoms with Crippen molar-refractivity contribution in [1.82, 2.24) is 4.90 Å². The summed E-state index contributed by atoms with van der Waals surface area (Å²) in [6, 6.07) is 3.63. The lowest BCUT2D eigenvalue weighted by atomic mass is 10.2. The largest absolute Gasteiger partial charge is 0.480 e. The summed E-state index contributed by atoms with van der Waals surface area (Å²) in [5, 5.41) is 8.95. The smallest absolute Gasteiger partial charge is 0.323 e. The third-order valence-electron chi connectivity index (χ3n) is 3.12. The standard InChI is InChI=1S/C12H14BrNO3S/c13-10-6-5-9(18-10)12(17)14(7-11(15)16)8-3-1-2-4-8/h5-6,8H,1-4,7H2,(H,15,16). The van der Waals surface area contributed by atoms with E-state index in [4.69, 9.17) is 5.11 Å². The minimum absolute atomic E-state index is 0.0782. The molecule has 0 atom stereocenters. The van der Waals surface area contributed by atoms with Gasteiger partial charge in [0.15, 0.2) is 0 Å². The van der Waals surface area contributed by atoms with E-state index in [1.54, 1.807) is 6.07 Å². The van der Waals surface area contributed by atoms with Crippen LogP contribution in [-0.4, -0.2) is 34.5 Å². The molecule has 18 heavy (non-hydrogen) atoms. The molecule has 2 rings (SSSR count). The molecule has 0 aromatic carbocycles. The number of rotatable bonds is 4. The molecular formula is C12H14BrNO3S. The normalized spacial score (nSPS) is 15.8. The predicted molar refractivity (Wildman–Crippen MR) is 72.9 cm³/mol. The van der Waals surface area contributed by atoms with Crippen molar-refractivity contribution < 1.29 is 14.7 Å². The lowest BCUT2D eigenvalue weighted by Gasteiger charge is -2.26. The Labute approximate surface area is 118 Å². The molecule has 1 fully saturated rings. The Bertz CT molecular complexity index is 454. The number of aliphatic carboxylic acids is 1. The fourth-order valence-corrected chi connectivity index (χ4v) is 3.64. The number of carboxylic acid groups (broad SMARTS) is 1. The van der Waals surface area contributed by atoms with Gasteiger partial charge < -0.3 is 10.0 Å². The van der Waals surface area contributed by atoms with Crippen LogP contribution in [0.3, 0.4) is 0 Å². The Balaban J connectivity index is 2.17. The van der Waals surface area contributed by atoms with Crippen molar-refractivity contribution in [3.63, 3.8) is 0 Å². The molecule has 0 saturated heterocycles. The number of hydrogen-bond acceptors (Lipinski definition) is 3. The van der Waals surface area contributed by atoms with E-state index in [9.17, 15) is 9.59 Å². The number of carboxylic acids is 1. The van der Waals surface area contributed by atoms with Gasteiger partial charge in [-0.25, -0.2) is 0 Å². The van der Waals surface area contributed by atoms with Crippen LogP contribution in [0.5, 0.6) is 0 Å². The highest BCUT2D eigenvalue weighted by Crippen LogP contribution is 2.28. The lowest BCUT2D eigenvalue weighted by Crippen LogP contribution is -2.41. The van der Waals surface area contributed by atoms with Crippen molar-refractivity contribution in [2.24, 2.45) is 0 Å². The summed E-state index contributed by atoms with van der Waals surface area (Å²) in [4.78, 5) is 25.3. The fourth-order valence-electron chi connectivity index (χ4n) is 2.30. The second-order valence-electron chi connectivity index (χ2n) is 4.37. The summed E-state index contributed by atoms with van der Waals surface area (Å²) in [5.74, 6) is -1.12. The highest BCUT2D eigenvalue weighted by Gasteiger charge is 2.29. The topological polar surface area (TPSA) is 57.6 Å². The maximum absolute atomic E-state index is 12.3. The molecule has 1 aliphatic rings. The van der Waals surface area contributed by atoms with Gasteiger partial charge in [0, 0.05) is 6.04 Å². The minimum Gasteiger partial charge on any atom is -0.480 e. The van der Waals surface area contributed by atoms with E-state index in [1.165, 1.54) is 16.2 Å². The lowest BCUT2D eigenvalue weighted by molar-refractivity contribution is -0.138. The number of nitrogens with zero attached hydrogens (tertiary/aromatic N) is 1. The van der Waals surface area contributed by atoms with Gasteiger partial charge in [-0.2, -0.15) is 0 Å². The zero-order valence-corrected chi connectivity index (χ0v) is 12.2. The van der Waals surface area contributed by atoms with Gasteiger partial charge in [-0.1, -0.05) is 12.8 Å². The first-order chi connectivity index (χ1) is 8.58. The zero-order valence-electron chi connectivity index (χ0n) is 9.76. The summed E-state index contributed by atoms with van der Waals surface area (Å²) in [5.41, 5.74) is 0. The molecule has 4 nitrogen and oxygen atoms in total. The summed E-state index contributed by atoms with van der Waals surface area (Å²) in [7, 11) is 0. The van der Waals surface area contributed by atoms with Crippen LogP contribution < -0.4 is 0 Å². The van der Waals surface area contributed by atoms with Gasteiger partial charge in [0.05, 0.1) is 8.66 Å². The summed E-state index contributed by atoms with van der Waals surface area (Å²) in [6.07, 6.45) is 3.96. The molecule has 0 unspecified atom stereocenters. The highest BCUT2D eigenvalue weighted by molar-refractivity contribution is 9.11. The van der Waals surface area contributed by atoms with Crippen LogP contribution in [0.15, 0.2) is 15.9 Å². The molecular weight excluding hydrogens is 318 g/mol. The molecule has 0 spiro atoms. The number of thiophene rings is 1. The number of halogens is 1. The molecule has 1 saturated carbocycles. The van der Waals surface area contributed by atoms with Crippen molar-refractivity contribution in [2.75, 3.05) is 6.54 Å². The first kappa shape index (κ1) is 13.5. The number of carbonyl (C=O) groups excluding carboxylic acids is 1. The van der Waals surface area contributed by atoms with Crippen LogP contribution in [0.25, 0.3) is 0 Å². The van der Waals surface area contributed by atoms with Gasteiger partial charge in [-0.05, 0) is 40.9 Å². The third-order valence-corrected chi connectivity index (χ3v) is 4.73. The van der Waals surface area contributed by atoms with Gasteiger partial charge in [0.25, 0.3) is 5.91 Å². The van der Waals surface area contributed by atoms with Crippen LogP contribution in [0.4, 0.5) is 0 Å². The summed E-state index contributed by atoms with van der Waals surface area (Å²) < 4.78 is 0.882. The third kappa shape index (κ3) is 3.11. The molecule has 1 heterocycles. The second-order valence-corrected chi connectivity index (χ2v) is 6.83. The number of amides is 1. The van der Waals surface area contributed by atoms with Crippen molar-refractivity contribution in [3.05, 3.63) is 20.8 Å². The molecule has 1 aromatic rings. The van der Waals surface area contributed by atoms with Crippen LogP contribution in [-0.2, 0) is 4.79 Å². The van der Waals surface area contributed by atoms with Gasteiger partial charge in [0.2, 0.25) is 0 Å². The van der Waals surface area contributed by atoms with E-state index >= 15 is 0 Å². The Morgan fingerprint density at radius 2 is 2.06 bits per heavy atom. The molecule has 98 valence electrons. The SMILES string of the molecule is O=C(O)CN(C(=O)c1ccc(Br)s1)C1CCCC1. The van der Waals surface area contributed by atoms with Crippen molar-refractivity contribution in [3.8, 4) is 0 Å². The highest BCUT2D eigenvalue weighted by atomic mass is 79.9. The van der Waals surface area contributed by atoms with E-state index in [2.05, 4.69) is 15.9 Å². The van der Waals surface area contributed by atoms with Crippen molar-refractivity contribution >= 4 is 39.1 Å². The van der Waals surface area contributed by atoms with E-state index in [1.807, 2.05) is 6.07 Å². The van der Waals surface area contributed by atoms with Crippen LogP contribution in [0.1, 0.15) is 35.4 Å². The molecule has 0 bridgehead atoms. The first-order valence-electron chi connectivity index (χ1n) is 5.86. The quantitative estimate of drug-likeness (QED) is 0.922. The van der Waals surface area contributed by atoms with Gasteiger partial charge in [-0.15, -0.1) is 11.3 Å². The maximum Gasteiger partial charge on any atom is 0.323 e. The van der Waals surface area contributed by atoms with Gasteiger partial charge in [0.1, 0.15) is 6.54 Å². The fraction of sp³-hybridized carbons (Fsp3) is 0.500. The summed E-state index contributed by atoms with van der Waals surface area (Å²) in [6.45, 7) is -0.209. The van der Waals surface area contributed by atoms with Crippen molar-refractivity contribution in [2.45, 2.75) is 31.7 Å². The van der Waals surface area contributed by atoms with Crippen LogP contribution >= 0.6 is 27.3 Å². The van der Waals surface area contributed by atoms with Crippen molar-refractivity contribution in [1.29, 1.82) is 0 Å². The Morgan fingerprint density at radius 3 is 2.56 bits per heavy atom. The Morgan fingerprint density at radius 1 is 1.39 bits per heavy atom. The van der Waals surface area contributed by atoms with Gasteiger partial charge in [-0.3, -0.25) is 9.59 Å². The molecule has 6 heteroatoms. The van der Waals surface area contributed by atoms with Gasteiger partial charge >= 0.3 is 5.97 Å². The molecule has 0 radical (unpaired) electrons.